The van der Waals surface area contributed by atoms with Crippen LogP contribution in [0.15, 0.2) is 18.7 Å². The summed E-state index contributed by atoms with van der Waals surface area (Å²) in [7, 11) is 2.63. The number of hydrogen-bond donors (Lipinski definition) is 1. The summed E-state index contributed by atoms with van der Waals surface area (Å²) in [4.78, 5) is 2.29. The maximum absolute atomic E-state index is 14.3. The van der Waals surface area contributed by atoms with Crippen LogP contribution in [0.4, 0.5) is 4.39 Å². The molecule has 4 heteroatoms. The van der Waals surface area contributed by atoms with Crippen molar-refractivity contribution >= 4 is 20.1 Å². The molecular formula is C17H25FNOP. The highest BCUT2D eigenvalue weighted by Crippen LogP contribution is 2.20. The zero-order valence-corrected chi connectivity index (χ0v) is 13.9. The molecule has 1 aromatic carbocycles. The lowest BCUT2D eigenvalue weighted by atomic mass is 10.0. The van der Waals surface area contributed by atoms with Crippen LogP contribution >= 0.6 is 9.24 Å². The third-order valence-electron chi connectivity index (χ3n) is 4.33. The van der Waals surface area contributed by atoms with E-state index in [-0.39, 0.29) is 18.5 Å². The number of benzene rings is 1. The minimum Gasteiger partial charge on any atom is -0.395 e. The first-order valence-electron chi connectivity index (χ1n) is 7.61. The molecule has 1 saturated heterocycles. The average Bonchev–Trinajstić information content (AvgIpc) is 2.46. The molecule has 1 heterocycles. The molecule has 0 aliphatic carbocycles. The van der Waals surface area contributed by atoms with Crippen molar-refractivity contribution in [1.82, 2.24) is 4.90 Å². The number of likely N-dealkylation sites (tertiary alicyclic amines) is 1. The van der Waals surface area contributed by atoms with E-state index in [1.165, 1.54) is 12.8 Å². The van der Waals surface area contributed by atoms with E-state index in [0.717, 1.165) is 41.5 Å². The largest absolute Gasteiger partial charge is 0.395 e. The van der Waals surface area contributed by atoms with Gasteiger partial charge in [-0.25, -0.2) is 4.39 Å². The molecule has 1 aromatic rings. The quantitative estimate of drug-likeness (QED) is 0.846. The molecule has 1 unspecified atom stereocenters. The van der Waals surface area contributed by atoms with Gasteiger partial charge in [0.2, 0.25) is 0 Å². The van der Waals surface area contributed by atoms with Crippen LogP contribution in [0, 0.1) is 5.82 Å². The first-order valence-corrected chi connectivity index (χ1v) is 8.19. The summed E-state index contributed by atoms with van der Waals surface area (Å²) in [5.74, 6) is -0.155. The monoisotopic (exact) mass is 309 g/mol. The highest BCUT2D eigenvalue weighted by molar-refractivity contribution is 7.27. The van der Waals surface area contributed by atoms with Gasteiger partial charge in [-0.1, -0.05) is 18.6 Å². The SMILES string of the molecule is C=C(C)c1cc(F)c(CCN2CCCC[C@H]2CO)c(P)c1. The van der Waals surface area contributed by atoms with Crippen LogP contribution in [0.1, 0.15) is 37.3 Å². The molecule has 2 nitrogen and oxygen atoms in total. The van der Waals surface area contributed by atoms with Crippen molar-refractivity contribution in [1.29, 1.82) is 0 Å². The van der Waals surface area contributed by atoms with Crippen LogP contribution in [0.3, 0.4) is 0 Å². The maximum atomic E-state index is 14.3. The van der Waals surface area contributed by atoms with Gasteiger partial charge in [0.15, 0.2) is 0 Å². The van der Waals surface area contributed by atoms with Crippen LogP contribution in [0.2, 0.25) is 0 Å². The predicted molar refractivity (Wildman–Crippen MR) is 90.5 cm³/mol. The van der Waals surface area contributed by atoms with E-state index < -0.39 is 0 Å². The Labute approximate surface area is 129 Å². The second kappa shape index (κ2) is 7.49. The number of piperidine rings is 1. The van der Waals surface area contributed by atoms with Crippen molar-refractivity contribution in [2.75, 3.05) is 19.7 Å². The second-order valence-electron chi connectivity index (χ2n) is 5.92. The number of halogens is 1. The normalized spacial score (nSPS) is 19.7. The van der Waals surface area contributed by atoms with E-state index in [0.29, 0.717) is 6.42 Å². The Hall–Kier alpha value is -0.760. The molecule has 0 saturated carbocycles. The first kappa shape index (κ1) is 16.6. The number of hydrogen-bond acceptors (Lipinski definition) is 2. The van der Waals surface area contributed by atoms with Gasteiger partial charge in [-0.3, -0.25) is 4.90 Å². The van der Waals surface area contributed by atoms with Crippen molar-refractivity contribution in [2.24, 2.45) is 0 Å². The van der Waals surface area contributed by atoms with Gasteiger partial charge in [-0.15, -0.1) is 9.24 Å². The average molecular weight is 309 g/mol. The summed E-state index contributed by atoms with van der Waals surface area (Å²) in [5.41, 5.74) is 2.49. The third kappa shape index (κ3) is 4.12. The van der Waals surface area contributed by atoms with Crippen molar-refractivity contribution in [3.63, 3.8) is 0 Å². The summed E-state index contributed by atoms with van der Waals surface area (Å²) in [6.07, 6.45) is 4.07. The van der Waals surface area contributed by atoms with E-state index >= 15 is 0 Å². The van der Waals surface area contributed by atoms with Gasteiger partial charge in [0.05, 0.1) is 6.61 Å². The summed E-state index contributed by atoms with van der Waals surface area (Å²) >= 11 is 0. The zero-order chi connectivity index (χ0) is 15.4. The zero-order valence-electron chi connectivity index (χ0n) is 12.7. The van der Waals surface area contributed by atoms with Gasteiger partial charge in [-0.2, -0.15) is 0 Å². The Kier molecular flexibility index (Phi) is 5.92. The number of aliphatic hydroxyl groups is 1. The lowest BCUT2D eigenvalue weighted by Crippen LogP contribution is -2.43. The van der Waals surface area contributed by atoms with Crippen molar-refractivity contribution < 1.29 is 9.50 Å². The molecule has 1 aliphatic heterocycles. The van der Waals surface area contributed by atoms with Crippen LogP contribution in [0.25, 0.3) is 5.57 Å². The fraction of sp³-hybridized carbons (Fsp3) is 0.529. The van der Waals surface area contributed by atoms with Crippen molar-refractivity contribution in [3.05, 3.63) is 35.7 Å². The lowest BCUT2D eigenvalue weighted by molar-refractivity contribution is 0.0912. The minimum atomic E-state index is -0.155. The molecule has 0 amide bonds. The molecule has 1 aliphatic rings. The summed E-state index contributed by atoms with van der Waals surface area (Å²) < 4.78 is 14.3. The highest BCUT2D eigenvalue weighted by atomic mass is 31.0. The van der Waals surface area contributed by atoms with E-state index in [1.807, 2.05) is 13.0 Å². The minimum absolute atomic E-state index is 0.155. The van der Waals surface area contributed by atoms with E-state index in [9.17, 15) is 9.50 Å². The third-order valence-corrected chi connectivity index (χ3v) is 4.85. The van der Waals surface area contributed by atoms with Crippen LogP contribution < -0.4 is 5.30 Å². The molecule has 0 bridgehead atoms. The van der Waals surface area contributed by atoms with Gasteiger partial charge in [-0.05, 0) is 61.3 Å². The second-order valence-corrected chi connectivity index (χ2v) is 6.55. The molecule has 0 aromatic heterocycles. The van der Waals surface area contributed by atoms with Gasteiger partial charge in [0.1, 0.15) is 5.82 Å². The van der Waals surface area contributed by atoms with Crippen LogP contribution in [-0.2, 0) is 6.42 Å². The highest BCUT2D eigenvalue weighted by Gasteiger charge is 2.21. The molecule has 2 atom stereocenters. The Bertz CT molecular complexity index is 495. The van der Waals surface area contributed by atoms with E-state index in [1.54, 1.807) is 6.07 Å². The van der Waals surface area contributed by atoms with Gasteiger partial charge >= 0.3 is 0 Å². The van der Waals surface area contributed by atoms with Gasteiger partial charge in [0.25, 0.3) is 0 Å². The van der Waals surface area contributed by atoms with Gasteiger partial charge < -0.3 is 5.11 Å². The standard InChI is InChI=1S/C17H25FNOP/c1-12(2)13-9-16(18)15(17(21)10-13)6-8-19-7-4-3-5-14(19)11-20/h9-10,14,20H,1,3-8,11,21H2,2H3/t14-/m0/s1. The van der Waals surface area contributed by atoms with Crippen molar-refractivity contribution in [3.8, 4) is 0 Å². The van der Waals surface area contributed by atoms with E-state index in [2.05, 4.69) is 20.7 Å². The summed E-state index contributed by atoms with van der Waals surface area (Å²) in [5, 5.41) is 10.3. The number of nitrogens with zero attached hydrogens (tertiary/aromatic N) is 1. The first-order chi connectivity index (χ1) is 10.0. The molecule has 1 N–H and O–H groups in total. The lowest BCUT2D eigenvalue weighted by Gasteiger charge is -2.34. The number of allylic oxidation sites excluding steroid dienone is 1. The smallest absolute Gasteiger partial charge is 0.127 e. The molecular weight excluding hydrogens is 284 g/mol. The van der Waals surface area contributed by atoms with Crippen molar-refractivity contribution in [2.45, 2.75) is 38.6 Å². The molecule has 2 rings (SSSR count). The van der Waals surface area contributed by atoms with Crippen LogP contribution in [-0.4, -0.2) is 35.7 Å². The Balaban J connectivity index is 2.07. The molecule has 0 radical (unpaired) electrons. The molecule has 0 spiro atoms. The number of aliphatic hydroxyl groups excluding tert-OH is 1. The molecule has 1 fully saturated rings. The Morgan fingerprint density at radius 1 is 1.48 bits per heavy atom. The molecule has 116 valence electrons. The predicted octanol–water partition coefficient (Wildman–Crippen LogP) is 2.75. The maximum Gasteiger partial charge on any atom is 0.127 e. The summed E-state index contributed by atoms with van der Waals surface area (Å²) in [6, 6.07) is 3.79. The Morgan fingerprint density at radius 3 is 2.86 bits per heavy atom. The fourth-order valence-corrected chi connectivity index (χ4v) is 3.45. The van der Waals surface area contributed by atoms with Crippen LogP contribution in [0.5, 0.6) is 0 Å². The molecule has 21 heavy (non-hydrogen) atoms. The Morgan fingerprint density at radius 2 is 2.24 bits per heavy atom. The fourth-order valence-electron chi connectivity index (χ4n) is 2.98. The van der Waals surface area contributed by atoms with E-state index in [4.69, 9.17) is 0 Å². The topological polar surface area (TPSA) is 23.5 Å². The summed E-state index contributed by atoms with van der Waals surface area (Å²) in [6.45, 7) is 7.76. The number of rotatable bonds is 5. The van der Waals surface area contributed by atoms with Gasteiger partial charge in [0, 0.05) is 12.6 Å².